The van der Waals surface area contributed by atoms with Crippen LogP contribution < -0.4 is 5.32 Å². The lowest BCUT2D eigenvalue weighted by molar-refractivity contribution is -0.145. The SMILES string of the molecule is CCNC(C)(CC(C)N1CCCC(C)(C)CC1)C(=O)O. The molecule has 0 saturated carbocycles. The van der Waals surface area contributed by atoms with Gasteiger partial charge in [0, 0.05) is 6.04 Å². The van der Waals surface area contributed by atoms with E-state index in [1.807, 2.05) is 6.92 Å². The maximum Gasteiger partial charge on any atom is 0.323 e. The highest BCUT2D eigenvalue weighted by molar-refractivity contribution is 5.78. The van der Waals surface area contributed by atoms with Crippen molar-refractivity contribution in [3.05, 3.63) is 0 Å². The molecule has 2 N–H and O–H groups in total. The van der Waals surface area contributed by atoms with Crippen LogP contribution in [0.2, 0.25) is 0 Å². The third-order valence-electron chi connectivity index (χ3n) is 4.74. The highest BCUT2D eigenvalue weighted by Crippen LogP contribution is 2.31. The fraction of sp³-hybridized carbons (Fsp3) is 0.938. The number of nitrogens with one attached hydrogen (secondary N) is 1. The monoisotopic (exact) mass is 284 g/mol. The van der Waals surface area contributed by atoms with E-state index >= 15 is 0 Å². The van der Waals surface area contributed by atoms with Crippen LogP contribution in [0.4, 0.5) is 0 Å². The second-order valence-electron chi connectivity index (χ2n) is 7.27. The Kier molecular flexibility index (Phi) is 6.02. The van der Waals surface area contributed by atoms with Gasteiger partial charge in [-0.2, -0.15) is 0 Å². The van der Waals surface area contributed by atoms with Crippen molar-refractivity contribution in [3.8, 4) is 0 Å². The van der Waals surface area contributed by atoms with E-state index in [9.17, 15) is 9.90 Å². The van der Waals surface area contributed by atoms with Gasteiger partial charge in [0.2, 0.25) is 0 Å². The van der Waals surface area contributed by atoms with Gasteiger partial charge < -0.3 is 15.3 Å². The average molecular weight is 284 g/mol. The average Bonchev–Trinajstić information content (AvgIpc) is 2.50. The maximum atomic E-state index is 11.5. The minimum absolute atomic E-state index is 0.295. The van der Waals surface area contributed by atoms with Crippen LogP contribution in [0.25, 0.3) is 0 Å². The fourth-order valence-corrected chi connectivity index (χ4v) is 3.23. The molecule has 20 heavy (non-hydrogen) atoms. The van der Waals surface area contributed by atoms with Crippen LogP contribution in [0.3, 0.4) is 0 Å². The summed E-state index contributed by atoms with van der Waals surface area (Å²) in [5.41, 5.74) is -0.401. The number of likely N-dealkylation sites (N-methyl/N-ethyl adjacent to an activating group) is 1. The summed E-state index contributed by atoms with van der Waals surface area (Å²) >= 11 is 0. The zero-order valence-electron chi connectivity index (χ0n) is 13.8. The molecule has 0 aromatic heterocycles. The molecule has 4 nitrogen and oxygen atoms in total. The third kappa shape index (κ3) is 4.74. The molecule has 0 aliphatic carbocycles. The van der Waals surface area contributed by atoms with Gasteiger partial charge in [-0.15, -0.1) is 0 Å². The van der Waals surface area contributed by atoms with Crippen LogP contribution in [0.1, 0.15) is 60.3 Å². The number of hydrogen-bond donors (Lipinski definition) is 2. The van der Waals surface area contributed by atoms with E-state index < -0.39 is 11.5 Å². The fourth-order valence-electron chi connectivity index (χ4n) is 3.23. The smallest absolute Gasteiger partial charge is 0.323 e. The molecule has 1 heterocycles. The molecular formula is C16H32N2O2. The predicted octanol–water partition coefficient (Wildman–Crippen LogP) is 2.73. The number of nitrogens with zero attached hydrogens (tertiary/aromatic N) is 1. The number of aliphatic carboxylic acids is 1. The van der Waals surface area contributed by atoms with Gasteiger partial charge in [-0.1, -0.05) is 20.8 Å². The quantitative estimate of drug-likeness (QED) is 0.787. The first-order valence-electron chi connectivity index (χ1n) is 7.93. The Bertz CT molecular complexity index is 330. The van der Waals surface area contributed by atoms with Gasteiger partial charge in [0.1, 0.15) is 5.54 Å². The molecule has 0 spiro atoms. The van der Waals surface area contributed by atoms with Crippen LogP contribution in [0.15, 0.2) is 0 Å². The molecule has 0 bridgehead atoms. The molecule has 0 radical (unpaired) electrons. The van der Waals surface area contributed by atoms with Gasteiger partial charge in [-0.25, -0.2) is 0 Å². The van der Waals surface area contributed by atoms with E-state index in [1.165, 1.54) is 19.3 Å². The highest BCUT2D eigenvalue weighted by Gasteiger charge is 2.36. The van der Waals surface area contributed by atoms with Gasteiger partial charge in [0.25, 0.3) is 0 Å². The molecule has 1 rings (SSSR count). The van der Waals surface area contributed by atoms with Crippen LogP contribution in [-0.2, 0) is 4.79 Å². The van der Waals surface area contributed by atoms with Crippen molar-refractivity contribution in [1.82, 2.24) is 10.2 Å². The summed E-state index contributed by atoms with van der Waals surface area (Å²) in [6, 6.07) is 0.295. The largest absolute Gasteiger partial charge is 0.480 e. The predicted molar refractivity (Wildman–Crippen MR) is 83.0 cm³/mol. The summed E-state index contributed by atoms with van der Waals surface area (Å²) in [7, 11) is 0. The van der Waals surface area contributed by atoms with Gasteiger partial charge in [0.05, 0.1) is 0 Å². The van der Waals surface area contributed by atoms with Crippen molar-refractivity contribution in [1.29, 1.82) is 0 Å². The number of hydrogen-bond acceptors (Lipinski definition) is 3. The van der Waals surface area contributed by atoms with E-state index in [4.69, 9.17) is 0 Å². The summed E-state index contributed by atoms with van der Waals surface area (Å²) in [6.07, 6.45) is 4.32. The Balaban J connectivity index is 2.65. The molecule has 2 unspecified atom stereocenters. The molecule has 1 aliphatic rings. The zero-order chi connectivity index (χ0) is 15.4. The van der Waals surface area contributed by atoms with Crippen molar-refractivity contribution in [2.45, 2.75) is 71.9 Å². The molecular weight excluding hydrogens is 252 g/mol. The van der Waals surface area contributed by atoms with Crippen LogP contribution in [-0.4, -0.2) is 47.2 Å². The first kappa shape index (κ1) is 17.4. The van der Waals surface area contributed by atoms with E-state index in [0.29, 0.717) is 24.4 Å². The summed E-state index contributed by atoms with van der Waals surface area (Å²) in [4.78, 5) is 14.0. The second kappa shape index (κ2) is 6.90. The lowest BCUT2D eigenvalue weighted by Crippen LogP contribution is -2.53. The van der Waals surface area contributed by atoms with E-state index in [-0.39, 0.29) is 0 Å². The lowest BCUT2D eigenvalue weighted by atomic mass is 9.85. The number of carboxylic acid groups (broad SMARTS) is 1. The molecule has 1 fully saturated rings. The summed E-state index contributed by atoms with van der Waals surface area (Å²) in [5.74, 6) is -0.749. The molecule has 118 valence electrons. The number of likely N-dealkylation sites (tertiary alicyclic amines) is 1. The molecule has 2 atom stereocenters. The van der Waals surface area contributed by atoms with Gasteiger partial charge in [0.15, 0.2) is 0 Å². The Hall–Kier alpha value is -0.610. The Labute approximate surface area is 123 Å². The van der Waals surface area contributed by atoms with Crippen LogP contribution >= 0.6 is 0 Å². The van der Waals surface area contributed by atoms with Crippen molar-refractivity contribution >= 4 is 5.97 Å². The standard InChI is InChI=1S/C16H32N2O2/c1-6-17-16(5,14(19)20)12-13(2)18-10-7-8-15(3,4)9-11-18/h13,17H,6-12H2,1-5H3,(H,19,20). The minimum Gasteiger partial charge on any atom is -0.480 e. The molecule has 4 heteroatoms. The molecule has 0 aromatic carbocycles. The minimum atomic E-state index is -0.823. The summed E-state index contributed by atoms with van der Waals surface area (Å²) in [5, 5.41) is 12.6. The molecule has 1 aliphatic heterocycles. The first-order valence-corrected chi connectivity index (χ1v) is 7.93. The zero-order valence-corrected chi connectivity index (χ0v) is 13.8. The number of carboxylic acids is 1. The summed E-state index contributed by atoms with van der Waals surface area (Å²) < 4.78 is 0. The lowest BCUT2D eigenvalue weighted by Gasteiger charge is -2.35. The highest BCUT2D eigenvalue weighted by atomic mass is 16.4. The van der Waals surface area contributed by atoms with E-state index in [0.717, 1.165) is 13.1 Å². The van der Waals surface area contributed by atoms with Crippen molar-refractivity contribution in [2.75, 3.05) is 19.6 Å². The maximum absolute atomic E-state index is 11.5. The number of rotatable bonds is 6. The Morgan fingerprint density at radius 1 is 1.40 bits per heavy atom. The Morgan fingerprint density at radius 2 is 2.05 bits per heavy atom. The van der Waals surface area contributed by atoms with E-state index in [1.54, 1.807) is 6.92 Å². The topological polar surface area (TPSA) is 52.6 Å². The molecule has 0 aromatic rings. The van der Waals surface area contributed by atoms with E-state index in [2.05, 4.69) is 31.0 Å². The summed E-state index contributed by atoms with van der Waals surface area (Å²) in [6.45, 7) is 13.4. The van der Waals surface area contributed by atoms with Crippen LogP contribution in [0, 0.1) is 5.41 Å². The van der Waals surface area contributed by atoms with Crippen molar-refractivity contribution in [2.24, 2.45) is 5.41 Å². The third-order valence-corrected chi connectivity index (χ3v) is 4.74. The second-order valence-corrected chi connectivity index (χ2v) is 7.27. The molecule has 0 amide bonds. The first-order chi connectivity index (χ1) is 9.20. The number of carbonyl (C=O) groups is 1. The van der Waals surface area contributed by atoms with Crippen molar-refractivity contribution in [3.63, 3.8) is 0 Å². The van der Waals surface area contributed by atoms with Gasteiger partial charge in [-0.3, -0.25) is 4.79 Å². The van der Waals surface area contributed by atoms with Crippen LogP contribution in [0.5, 0.6) is 0 Å². The van der Waals surface area contributed by atoms with Gasteiger partial charge in [-0.05, 0) is 64.6 Å². The molecule has 1 saturated heterocycles. The normalized spacial score (nSPS) is 24.6. The van der Waals surface area contributed by atoms with Gasteiger partial charge >= 0.3 is 5.97 Å². The Morgan fingerprint density at radius 3 is 2.60 bits per heavy atom. The van der Waals surface area contributed by atoms with Crippen molar-refractivity contribution < 1.29 is 9.90 Å².